The fourth-order valence-corrected chi connectivity index (χ4v) is 1.94. The fraction of sp³-hybridized carbons (Fsp3) is 0.267. The number of nitrogen functional groups attached to an aromatic ring is 1. The van der Waals surface area contributed by atoms with Crippen LogP contribution in [0.2, 0.25) is 0 Å². The van der Waals surface area contributed by atoms with Crippen molar-refractivity contribution in [3.63, 3.8) is 0 Å². The van der Waals surface area contributed by atoms with Crippen LogP contribution in [0.25, 0.3) is 0 Å². The van der Waals surface area contributed by atoms with Crippen LogP contribution in [-0.2, 0) is 11.3 Å². The second-order valence-electron chi connectivity index (χ2n) is 4.84. The third-order valence-corrected chi connectivity index (χ3v) is 3.13. The van der Waals surface area contributed by atoms with Gasteiger partial charge in [0.2, 0.25) is 5.91 Å². The predicted molar refractivity (Wildman–Crippen MR) is 82.0 cm³/mol. The number of benzene rings is 1. The number of aromatic nitrogens is 2. The third-order valence-electron chi connectivity index (χ3n) is 3.13. The van der Waals surface area contributed by atoms with E-state index < -0.39 is 0 Å². The lowest BCUT2D eigenvalue weighted by molar-refractivity contribution is -0.116. The maximum absolute atomic E-state index is 11.9. The van der Waals surface area contributed by atoms with Crippen molar-refractivity contribution in [1.29, 1.82) is 0 Å². The number of anilines is 2. The molecule has 0 aliphatic heterocycles. The van der Waals surface area contributed by atoms with E-state index >= 15 is 0 Å². The summed E-state index contributed by atoms with van der Waals surface area (Å²) < 4.78 is 1.49. The van der Waals surface area contributed by atoms with E-state index in [2.05, 4.69) is 10.3 Å². The minimum atomic E-state index is -0.114. The van der Waals surface area contributed by atoms with E-state index in [1.54, 1.807) is 12.1 Å². The van der Waals surface area contributed by atoms with E-state index in [-0.39, 0.29) is 11.5 Å². The summed E-state index contributed by atoms with van der Waals surface area (Å²) in [6.07, 6.45) is 3.82. The Morgan fingerprint density at radius 2 is 2.19 bits per heavy atom. The van der Waals surface area contributed by atoms with Crippen molar-refractivity contribution in [1.82, 2.24) is 9.55 Å². The molecule has 0 fully saturated rings. The first kappa shape index (κ1) is 14.8. The molecule has 1 aromatic carbocycles. The van der Waals surface area contributed by atoms with Crippen molar-refractivity contribution in [3.05, 3.63) is 52.7 Å². The minimum Gasteiger partial charge on any atom is -0.399 e. The largest absolute Gasteiger partial charge is 0.399 e. The summed E-state index contributed by atoms with van der Waals surface area (Å²) in [4.78, 5) is 27.3. The highest BCUT2D eigenvalue weighted by atomic mass is 16.1. The summed E-state index contributed by atoms with van der Waals surface area (Å²) >= 11 is 0. The summed E-state index contributed by atoms with van der Waals surface area (Å²) in [6.45, 7) is 2.38. The number of hydrogen-bond donors (Lipinski definition) is 2. The number of nitrogens with one attached hydrogen (secondary N) is 1. The Labute approximate surface area is 122 Å². The van der Waals surface area contributed by atoms with Crippen LogP contribution in [0.3, 0.4) is 0 Å². The second-order valence-corrected chi connectivity index (χ2v) is 4.84. The van der Waals surface area contributed by atoms with E-state index in [0.29, 0.717) is 25.1 Å². The van der Waals surface area contributed by atoms with Crippen molar-refractivity contribution >= 4 is 17.3 Å². The van der Waals surface area contributed by atoms with Gasteiger partial charge in [0.1, 0.15) is 0 Å². The third kappa shape index (κ3) is 4.17. The first-order chi connectivity index (χ1) is 10.1. The Balaban J connectivity index is 1.87. The molecule has 0 atom stereocenters. The van der Waals surface area contributed by atoms with Gasteiger partial charge >= 0.3 is 0 Å². The SMILES string of the molecule is Cc1ccc(N)cc1NC(=O)CCCn1cnccc1=O. The molecule has 0 spiro atoms. The smallest absolute Gasteiger partial charge is 0.253 e. The summed E-state index contributed by atoms with van der Waals surface area (Å²) in [5.41, 5.74) is 7.88. The molecule has 6 nitrogen and oxygen atoms in total. The van der Waals surface area contributed by atoms with Gasteiger partial charge in [0, 0.05) is 36.6 Å². The van der Waals surface area contributed by atoms with Crippen LogP contribution in [0.1, 0.15) is 18.4 Å². The van der Waals surface area contributed by atoms with Crippen LogP contribution in [0, 0.1) is 6.92 Å². The summed E-state index contributed by atoms with van der Waals surface area (Å²) in [6, 6.07) is 6.79. The Hall–Kier alpha value is -2.63. The van der Waals surface area contributed by atoms with Gasteiger partial charge in [-0.15, -0.1) is 0 Å². The molecule has 3 N–H and O–H groups in total. The molecule has 110 valence electrons. The van der Waals surface area contributed by atoms with Crippen LogP contribution in [0.4, 0.5) is 11.4 Å². The van der Waals surface area contributed by atoms with E-state index in [4.69, 9.17) is 5.73 Å². The molecule has 0 unspecified atom stereocenters. The average molecular weight is 286 g/mol. The molecule has 6 heteroatoms. The number of nitrogens with two attached hydrogens (primary N) is 1. The fourth-order valence-electron chi connectivity index (χ4n) is 1.94. The molecular formula is C15H18N4O2. The second kappa shape index (κ2) is 6.69. The number of amides is 1. The van der Waals surface area contributed by atoms with Gasteiger partial charge in [-0.2, -0.15) is 0 Å². The van der Waals surface area contributed by atoms with Crippen LogP contribution in [-0.4, -0.2) is 15.5 Å². The number of nitrogens with zero attached hydrogens (tertiary/aromatic N) is 2. The molecule has 1 amide bonds. The Kier molecular flexibility index (Phi) is 4.71. The molecule has 1 aromatic heterocycles. The van der Waals surface area contributed by atoms with Crippen molar-refractivity contribution in [2.24, 2.45) is 0 Å². The zero-order valence-corrected chi connectivity index (χ0v) is 11.9. The number of hydrogen-bond acceptors (Lipinski definition) is 4. The highest BCUT2D eigenvalue weighted by molar-refractivity contribution is 5.91. The first-order valence-corrected chi connectivity index (χ1v) is 6.72. The van der Waals surface area contributed by atoms with Gasteiger partial charge in [-0.05, 0) is 31.0 Å². The molecule has 0 saturated heterocycles. The minimum absolute atomic E-state index is 0.0966. The van der Waals surface area contributed by atoms with Gasteiger partial charge < -0.3 is 11.1 Å². The lowest BCUT2D eigenvalue weighted by atomic mass is 10.1. The lowest BCUT2D eigenvalue weighted by Gasteiger charge is -2.09. The molecule has 21 heavy (non-hydrogen) atoms. The Morgan fingerprint density at radius 1 is 1.38 bits per heavy atom. The van der Waals surface area contributed by atoms with Crippen molar-refractivity contribution in [2.75, 3.05) is 11.1 Å². The maximum atomic E-state index is 11.9. The van der Waals surface area contributed by atoms with Gasteiger partial charge in [-0.1, -0.05) is 6.07 Å². The molecule has 1 heterocycles. The first-order valence-electron chi connectivity index (χ1n) is 6.72. The standard InChI is InChI=1S/C15H18N4O2/c1-11-4-5-12(16)9-13(11)18-14(20)3-2-8-19-10-17-7-6-15(19)21/h4-7,9-10H,2-3,8,16H2,1H3,(H,18,20). The van der Waals surface area contributed by atoms with Crippen molar-refractivity contribution in [2.45, 2.75) is 26.3 Å². The zero-order chi connectivity index (χ0) is 15.2. The molecule has 2 rings (SSSR count). The van der Waals surface area contributed by atoms with Gasteiger partial charge in [0.25, 0.3) is 5.56 Å². The van der Waals surface area contributed by atoms with Crippen LogP contribution < -0.4 is 16.6 Å². The topological polar surface area (TPSA) is 90.0 Å². The molecule has 0 bridgehead atoms. The number of carbonyl (C=O) groups excluding carboxylic acids is 1. The average Bonchev–Trinajstić information content (AvgIpc) is 2.45. The maximum Gasteiger partial charge on any atom is 0.253 e. The monoisotopic (exact) mass is 286 g/mol. The molecule has 0 aliphatic carbocycles. The van der Waals surface area contributed by atoms with E-state index in [1.807, 2.05) is 13.0 Å². The Bertz CT molecular complexity index is 694. The van der Waals surface area contributed by atoms with E-state index in [9.17, 15) is 9.59 Å². The number of rotatable bonds is 5. The lowest BCUT2D eigenvalue weighted by Crippen LogP contribution is -2.20. The summed E-state index contributed by atoms with van der Waals surface area (Å²) in [5, 5.41) is 2.83. The van der Waals surface area contributed by atoms with Gasteiger partial charge in [-0.3, -0.25) is 14.2 Å². The summed E-state index contributed by atoms with van der Waals surface area (Å²) in [5.74, 6) is -0.0966. The quantitative estimate of drug-likeness (QED) is 0.816. The number of carbonyl (C=O) groups is 1. The zero-order valence-electron chi connectivity index (χ0n) is 11.9. The van der Waals surface area contributed by atoms with Crippen LogP contribution >= 0.6 is 0 Å². The highest BCUT2D eigenvalue weighted by Gasteiger charge is 2.05. The van der Waals surface area contributed by atoms with Gasteiger partial charge in [-0.25, -0.2) is 4.98 Å². The number of aryl methyl sites for hydroxylation is 2. The molecule has 0 aliphatic rings. The molecule has 0 radical (unpaired) electrons. The van der Waals surface area contributed by atoms with Crippen molar-refractivity contribution in [3.8, 4) is 0 Å². The molecular weight excluding hydrogens is 268 g/mol. The van der Waals surface area contributed by atoms with E-state index in [1.165, 1.54) is 23.2 Å². The van der Waals surface area contributed by atoms with Gasteiger partial charge in [0.05, 0.1) is 6.33 Å². The van der Waals surface area contributed by atoms with Crippen molar-refractivity contribution < 1.29 is 4.79 Å². The van der Waals surface area contributed by atoms with Crippen LogP contribution in [0.15, 0.2) is 41.6 Å². The predicted octanol–water partition coefficient (Wildman–Crippen LogP) is 1.55. The van der Waals surface area contributed by atoms with E-state index in [0.717, 1.165) is 11.3 Å². The van der Waals surface area contributed by atoms with Gasteiger partial charge in [0.15, 0.2) is 0 Å². The molecule has 2 aromatic rings. The highest BCUT2D eigenvalue weighted by Crippen LogP contribution is 2.18. The Morgan fingerprint density at radius 3 is 2.95 bits per heavy atom. The van der Waals surface area contributed by atoms with Crippen LogP contribution in [0.5, 0.6) is 0 Å². The molecule has 0 saturated carbocycles. The normalized spacial score (nSPS) is 10.3. The summed E-state index contributed by atoms with van der Waals surface area (Å²) in [7, 11) is 0.